The van der Waals surface area contributed by atoms with Gasteiger partial charge in [0, 0.05) is 18.8 Å². The van der Waals surface area contributed by atoms with E-state index in [0.717, 1.165) is 37.9 Å². The van der Waals surface area contributed by atoms with Gasteiger partial charge in [0.2, 0.25) is 0 Å². The summed E-state index contributed by atoms with van der Waals surface area (Å²) < 4.78 is 0. The fourth-order valence-electron chi connectivity index (χ4n) is 3.52. The molecule has 1 unspecified atom stereocenters. The summed E-state index contributed by atoms with van der Waals surface area (Å²) in [6.07, 6.45) is 5.49. The lowest BCUT2D eigenvalue weighted by molar-refractivity contribution is -0.159. The summed E-state index contributed by atoms with van der Waals surface area (Å²) in [6.45, 7) is 0.749. The van der Waals surface area contributed by atoms with E-state index in [9.17, 15) is 10.2 Å². The summed E-state index contributed by atoms with van der Waals surface area (Å²) in [7, 11) is 0. The Morgan fingerprint density at radius 2 is 2.11 bits per heavy atom. The number of fused-ring (bicyclic) bond motifs is 3. The molecule has 2 aliphatic heterocycles. The van der Waals surface area contributed by atoms with Gasteiger partial charge in [-0.25, -0.2) is 0 Å². The van der Waals surface area contributed by atoms with Crippen LogP contribution < -0.4 is 0 Å². The first-order valence-electron chi connectivity index (χ1n) is 6.72. The molecule has 1 aliphatic carbocycles. The third kappa shape index (κ3) is 1.94. The third-order valence-electron chi connectivity index (χ3n) is 4.55. The van der Waals surface area contributed by atoms with Crippen molar-refractivity contribution in [3.8, 4) is 0 Å². The molecule has 18 heavy (non-hydrogen) atoms. The number of hydrogen-bond donors (Lipinski definition) is 2. The molecule has 4 heteroatoms. The molecule has 4 nitrogen and oxygen atoms in total. The highest BCUT2D eigenvalue weighted by molar-refractivity contribution is 5.09. The molecule has 2 saturated heterocycles. The molecule has 4 rings (SSSR count). The van der Waals surface area contributed by atoms with E-state index < -0.39 is 5.60 Å². The van der Waals surface area contributed by atoms with Crippen LogP contribution in [0.5, 0.6) is 0 Å². The Bertz CT molecular complexity index is 402. The quantitative estimate of drug-likeness (QED) is 0.835. The fraction of sp³-hybridized carbons (Fsp3) is 0.643. The minimum absolute atomic E-state index is 0.0276. The van der Waals surface area contributed by atoms with Crippen LogP contribution in [0.3, 0.4) is 0 Å². The number of hydrogen-bond acceptors (Lipinski definition) is 4. The second-order valence-electron chi connectivity index (χ2n) is 5.53. The van der Waals surface area contributed by atoms with Crippen molar-refractivity contribution in [3.05, 3.63) is 30.1 Å². The van der Waals surface area contributed by atoms with Crippen LogP contribution >= 0.6 is 0 Å². The minimum Gasteiger partial charge on any atom is -0.395 e. The van der Waals surface area contributed by atoms with Gasteiger partial charge in [-0.15, -0.1) is 0 Å². The number of pyridine rings is 1. The van der Waals surface area contributed by atoms with E-state index in [-0.39, 0.29) is 12.6 Å². The summed E-state index contributed by atoms with van der Waals surface area (Å²) in [5.41, 5.74) is 0.310. The molecule has 1 atom stereocenters. The summed E-state index contributed by atoms with van der Waals surface area (Å²) >= 11 is 0. The van der Waals surface area contributed by atoms with Gasteiger partial charge >= 0.3 is 0 Å². The molecule has 0 spiro atoms. The van der Waals surface area contributed by atoms with E-state index in [0.29, 0.717) is 6.04 Å². The molecule has 2 N–H and O–H groups in total. The highest BCUT2D eigenvalue weighted by Crippen LogP contribution is 2.43. The average molecular weight is 248 g/mol. The maximum Gasteiger partial charge on any atom is 0.0825 e. The van der Waals surface area contributed by atoms with Crippen LogP contribution in [-0.2, 0) is 6.54 Å². The van der Waals surface area contributed by atoms with Gasteiger partial charge in [-0.1, -0.05) is 6.07 Å². The van der Waals surface area contributed by atoms with Crippen molar-refractivity contribution in [3.63, 3.8) is 0 Å². The van der Waals surface area contributed by atoms with E-state index in [1.165, 1.54) is 0 Å². The summed E-state index contributed by atoms with van der Waals surface area (Å²) in [5, 5.41) is 20.2. The maximum absolute atomic E-state index is 10.6. The Labute approximate surface area is 107 Å². The Morgan fingerprint density at radius 3 is 2.72 bits per heavy atom. The normalized spacial score (nSPS) is 35.9. The standard InChI is InChI=1S/C14H20N2O2/c17-10-13-14(18)6-4-12(5-7-14)16(13)9-11-3-1-2-8-15-11/h1-3,8,12-13,17-18H,4-7,9-10H2. The molecule has 3 fully saturated rings. The zero-order valence-corrected chi connectivity index (χ0v) is 10.5. The van der Waals surface area contributed by atoms with Crippen LogP contribution in [0.25, 0.3) is 0 Å². The molecule has 3 aliphatic rings. The van der Waals surface area contributed by atoms with Crippen LogP contribution in [0.15, 0.2) is 24.4 Å². The van der Waals surface area contributed by atoms with E-state index in [2.05, 4.69) is 9.88 Å². The molecule has 1 aromatic heterocycles. The van der Waals surface area contributed by atoms with Gasteiger partial charge in [0.1, 0.15) is 0 Å². The van der Waals surface area contributed by atoms with Gasteiger partial charge < -0.3 is 10.2 Å². The minimum atomic E-state index is -0.696. The van der Waals surface area contributed by atoms with Crippen molar-refractivity contribution in [2.45, 2.75) is 49.9 Å². The van der Waals surface area contributed by atoms with E-state index in [1.807, 2.05) is 18.2 Å². The van der Waals surface area contributed by atoms with Crippen LogP contribution in [0.1, 0.15) is 31.4 Å². The molecular formula is C14H20N2O2. The van der Waals surface area contributed by atoms with Crippen molar-refractivity contribution in [1.82, 2.24) is 9.88 Å². The van der Waals surface area contributed by atoms with Crippen molar-refractivity contribution < 1.29 is 10.2 Å². The van der Waals surface area contributed by atoms with Crippen LogP contribution in [-0.4, -0.2) is 44.4 Å². The predicted molar refractivity (Wildman–Crippen MR) is 67.9 cm³/mol. The summed E-state index contributed by atoms with van der Waals surface area (Å²) in [5.74, 6) is 0. The van der Waals surface area contributed by atoms with Crippen molar-refractivity contribution in [2.24, 2.45) is 0 Å². The van der Waals surface area contributed by atoms with Gasteiger partial charge in [-0.3, -0.25) is 9.88 Å². The van der Waals surface area contributed by atoms with Crippen molar-refractivity contribution in [2.75, 3.05) is 6.61 Å². The van der Waals surface area contributed by atoms with Gasteiger partial charge in [0.05, 0.1) is 23.9 Å². The highest BCUT2D eigenvalue weighted by atomic mass is 16.3. The first kappa shape index (κ1) is 12.1. The van der Waals surface area contributed by atoms with Gasteiger partial charge in [0.15, 0.2) is 0 Å². The molecular weight excluding hydrogens is 228 g/mol. The molecule has 0 radical (unpaired) electrons. The van der Waals surface area contributed by atoms with E-state index in [1.54, 1.807) is 6.20 Å². The fourth-order valence-corrected chi connectivity index (χ4v) is 3.52. The first-order valence-corrected chi connectivity index (χ1v) is 6.72. The lowest BCUT2D eigenvalue weighted by Crippen LogP contribution is -2.65. The molecule has 0 amide bonds. The Balaban J connectivity index is 1.82. The molecule has 98 valence electrons. The van der Waals surface area contributed by atoms with Gasteiger partial charge in [0.25, 0.3) is 0 Å². The van der Waals surface area contributed by atoms with Crippen LogP contribution in [0, 0.1) is 0 Å². The average Bonchev–Trinajstić information content (AvgIpc) is 2.40. The zero-order valence-electron chi connectivity index (χ0n) is 10.5. The number of aromatic nitrogens is 1. The maximum atomic E-state index is 10.6. The SMILES string of the molecule is OCC1N(Cc2ccccn2)C2CCC1(O)CC2. The monoisotopic (exact) mass is 248 g/mol. The van der Waals surface area contributed by atoms with Crippen LogP contribution in [0.2, 0.25) is 0 Å². The second-order valence-corrected chi connectivity index (χ2v) is 5.53. The predicted octanol–water partition coefficient (Wildman–Crippen LogP) is 0.932. The highest BCUT2D eigenvalue weighted by Gasteiger charge is 2.50. The number of aliphatic hydroxyl groups is 2. The van der Waals surface area contributed by atoms with Crippen LogP contribution in [0.4, 0.5) is 0 Å². The molecule has 2 bridgehead atoms. The molecule has 0 aromatic carbocycles. The first-order chi connectivity index (χ1) is 8.73. The molecule has 1 aromatic rings. The summed E-state index contributed by atoms with van der Waals surface area (Å²) in [6, 6.07) is 6.24. The zero-order chi connectivity index (χ0) is 12.6. The van der Waals surface area contributed by atoms with E-state index in [4.69, 9.17) is 0 Å². The summed E-state index contributed by atoms with van der Waals surface area (Å²) in [4.78, 5) is 6.59. The molecule has 1 saturated carbocycles. The Hall–Kier alpha value is -0.970. The largest absolute Gasteiger partial charge is 0.395 e. The third-order valence-corrected chi connectivity index (χ3v) is 4.55. The van der Waals surface area contributed by atoms with Crippen molar-refractivity contribution in [1.29, 1.82) is 0 Å². The number of aliphatic hydroxyl groups excluding tert-OH is 1. The van der Waals surface area contributed by atoms with Gasteiger partial charge in [-0.2, -0.15) is 0 Å². The Kier molecular flexibility index (Phi) is 3.09. The lowest BCUT2D eigenvalue weighted by Gasteiger charge is -2.55. The number of piperidine rings is 2. The molecule has 3 heterocycles. The number of rotatable bonds is 3. The lowest BCUT2D eigenvalue weighted by atomic mass is 9.71. The second kappa shape index (κ2) is 4.61. The number of nitrogens with zero attached hydrogens (tertiary/aromatic N) is 2. The smallest absolute Gasteiger partial charge is 0.0825 e. The van der Waals surface area contributed by atoms with E-state index >= 15 is 0 Å². The van der Waals surface area contributed by atoms with Crippen molar-refractivity contribution >= 4 is 0 Å². The Morgan fingerprint density at radius 1 is 1.33 bits per heavy atom. The topological polar surface area (TPSA) is 56.6 Å². The van der Waals surface area contributed by atoms with Gasteiger partial charge in [-0.05, 0) is 37.8 Å².